The Labute approximate surface area is 143 Å². The molecule has 128 valence electrons. The van der Waals surface area contributed by atoms with E-state index in [4.69, 9.17) is 4.74 Å². The molecular weight excluding hydrogens is 300 g/mol. The number of rotatable bonds is 7. The summed E-state index contributed by atoms with van der Waals surface area (Å²) in [7, 11) is 1.64. The fraction of sp³-hybridized carbons (Fsp3) is 0.450. The Kier molecular flexibility index (Phi) is 5.48. The number of carbonyl (C=O) groups excluding carboxylic acids is 1. The highest BCUT2D eigenvalue weighted by Crippen LogP contribution is 2.31. The van der Waals surface area contributed by atoms with Crippen molar-refractivity contribution < 1.29 is 9.53 Å². The third kappa shape index (κ3) is 3.77. The van der Waals surface area contributed by atoms with Crippen LogP contribution < -0.4 is 10.6 Å². The lowest BCUT2D eigenvalue weighted by atomic mass is 9.79. The molecule has 0 spiro atoms. The van der Waals surface area contributed by atoms with Crippen LogP contribution in [-0.2, 0) is 9.53 Å². The second kappa shape index (κ2) is 7.77. The van der Waals surface area contributed by atoms with Gasteiger partial charge in [-0.2, -0.15) is 0 Å². The predicted octanol–water partition coefficient (Wildman–Crippen LogP) is 3.03. The summed E-state index contributed by atoms with van der Waals surface area (Å²) in [4.78, 5) is 12.0. The van der Waals surface area contributed by atoms with Gasteiger partial charge in [-0.15, -0.1) is 0 Å². The van der Waals surface area contributed by atoms with Crippen molar-refractivity contribution in [3.8, 4) is 0 Å². The summed E-state index contributed by atoms with van der Waals surface area (Å²) in [5.41, 5.74) is 1.32. The van der Waals surface area contributed by atoms with E-state index in [2.05, 4.69) is 60.0 Å². The molecule has 1 atom stereocenters. The molecule has 0 bridgehead atoms. The quantitative estimate of drug-likeness (QED) is 0.769. The first-order valence-corrected chi connectivity index (χ1v) is 8.69. The number of methoxy groups -OCH3 is 1. The fourth-order valence-electron chi connectivity index (χ4n) is 3.46. The third-order valence-electron chi connectivity index (χ3n) is 4.89. The van der Waals surface area contributed by atoms with E-state index in [1.807, 2.05) is 0 Å². The highest BCUT2D eigenvalue weighted by molar-refractivity contribution is 5.86. The molecule has 1 aliphatic rings. The third-order valence-corrected chi connectivity index (χ3v) is 4.89. The number of fused-ring (bicyclic) bond motifs is 1. The maximum Gasteiger partial charge on any atom is 0.223 e. The van der Waals surface area contributed by atoms with E-state index >= 15 is 0 Å². The number of benzene rings is 2. The number of carbonyl (C=O) groups is 1. The average Bonchev–Trinajstić information content (AvgIpc) is 2.57. The zero-order chi connectivity index (χ0) is 16.9. The van der Waals surface area contributed by atoms with Gasteiger partial charge in [0.1, 0.15) is 0 Å². The summed E-state index contributed by atoms with van der Waals surface area (Å²) in [6, 6.07) is 15.6. The van der Waals surface area contributed by atoms with Crippen LogP contribution in [-0.4, -0.2) is 32.2 Å². The van der Waals surface area contributed by atoms with Gasteiger partial charge in [-0.25, -0.2) is 0 Å². The molecule has 1 aliphatic carbocycles. The maximum absolute atomic E-state index is 12.0. The minimum Gasteiger partial charge on any atom is -0.383 e. The normalized spacial score (nSPS) is 21.2. The smallest absolute Gasteiger partial charge is 0.223 e. The van der Waals surface area contributed by atoms with E-state index in [1.165, 1.54) is 16.3 Å². The highest BCUT2D eigenvalue weighted by Gasteiger charge is 2.34. The van der Waals surface area contributed by atoms with E-state index in [1.54, 1.807) is 7.11 Å². The van der Waals surface area contributed by atoms with Crippen LogP contribution in [0.5, 0.6) is 0 Å². The lowest BCUT2D eigenvalue weighted by molar-refractivity contribution is -0.128. The van der Waals surface area contributed by atoms with E-state index in [0.29, 0.717) is 19.2 Å². The first kappa shape index (κ1) is 16.9. The Balaban J connectivity index is 1.53. The van der Waals surface area contributed by atoms with Crippen molar-refractivity contribution in [2.45, 2.75) is 31.8 Å². The Hall–Kier alpha value is -1.91. The molecule has 3 rings (SSSR count). The van der Waals surface area contributed by atoms with E-state index < -0.39 is 0 Å². The summed E-state index contributed by atoms with van der Waals surface area (Å²) < 4.78 is 4.95. The number of nitrogens with one attached hydrogen (secondary N) is 2. The number of amides is 1. The van der Waals surface area contributed by atoms with Gasteiger partial charge in [-0.05, 0) is 36.1 Å². The van der Waals surface area contributed by atoms with Gasteiger partial charge in [0, 0.05) is 31.7 Å². The van der Waals surface area contributed by atoms with Crippen LogP contribution in [0.15, 0.2) is 42.5 Å². The molecule has 0 radical (unpaired) electrons. The van der Waals surface area contributed by atoms with Gasteiger partial charge < -0.3 is 15.4 Å². The van der Waals surface area contributed by atoms with Crippen molar-refractivity contribution >= 4 is 16.7 Å². The molecule has 2 aromatic rings. The first-order valence-electron chi connectivity index (χ1n) is 8.69. The largest absolute Gasteiger partial charge is 0.383 e. The van der Waals surface area contributed by atoms with Crippen LogP contribution in [0.25, 0.3) is 10.8 Å². The highest BCUT2D eigenvalue weighted by atomic mass is 16.5. The Morgan fingerprint density at radius 2 is 1.96 bits per heavy atom. The number of ether oxygens (including phenoxy) is 1. The van der Waals surface area contributed by atoms with E-state index in [0.717, 1.165) is 12.8 Å². The van der Waals surface area contributed by atoms with Gasteiger partial charge in [0.15, 0.2) is 0 Å². The molecule has 0 aromatic heterocycles. The fourth-order valence-corrected chi connectivity index (χ4v) is 3.46. The Morgan fingerprint density at radius 3 is 2.75 bits per heavy atom. The summed E-state index contributed by atoms with van der Waals surface area (Å²) in [5, 5.41) is 9.17. The van der Waals surface area contributed by atoms with Gasteiger partial charge >= 0.3 is 0 Å². The molecule has 0 saturated heterocycles. The van der Waals surface area contributed by atoms with Crippen LogP contribution in [0.2, 0.25) is 0 Å². The van der Waals surface area contributed by atoms with Gasteiger partial charge in [-0.1, -0.05) is 42.5 Å². The second-order valence-corrected chi connectivity index (χ2v) is 6.61. The van der Waals surface area contributed by atoms with Crippen molar-refractivity contribution in [2.24, 2.45) is 5.92 Å². The van der Waals surface area contributed by atoms with Gasteiger partial charge in [-0.3, -0.25) is 4.79 Å². The molecule has 0 aliphatic heterocycles. The molecule has 4 heteroatoms. The van der Waals surface area contributed by atoms with Crippen molar-refractivity contribution in [1.29, 1.82) is 0 Å². The minimum absolute atomic E-state index is 0.138. The molecule has 1 amide bonds. The Morgan fingerprint density at radius 1 is 1.21 bits per heavy atom. The summed E-state index contributed by atoms with van der Waals surface area (Å²) in [6.45, 7) is 3.36. The van der Waals surface area contributed by atoms with Crippen molar-refractivity contribution in [1.82, 2.24) is 10.6 Å². The predicted molar refractivity (Wildman–Crippen MR) is 96.9 cm³/mol. The second-order valence-electron chi connectivity index (χ2n) is 6.61. The van der Waals surface area contributed by atoms with Gasteiger partial charge in [0.05, 0.1) is 6.61 Å². The number of hydrogen-bond acceptors (Lipinski definition) is 3. The van der Waals surface area contributed by atoms with E-state index in [-0.39, 0.29) is 17.9 Å². The van der Waals surface area contributed by atoms with Gasteiger partial charge in [0.2, 0.25) is 5.91 Å². The minimum atomic E-state index is 0.138. The summed E-state index contributed by atoms with van der Waals surface area (Å²) in [6.07, 6.45) is 1.82. The maximum atomic E-state index is 12.0. The SMILES string of the molecule is COCCNC(=O)C1CC(NC(C)c2cccc3ccccc23)C1. The molecule has 1 unspecified atom stereocenters. The monoisotopic (exact) mass is 326 g/mol. The summed E-state index contributed by atoms with van der Waals surface area (Å²) >= 11 is 0. The van der Waals surface area contributed by atoms with Crippen molar-refractivity contribution in [3.05, 3.63) is 48.0 Å². The van der Waals surface area contributed by atoms with Crippen LogP contribution in [0, 0.1) is 5.92 Å². The molecule has 24 heavy (non-hydrogen) atoms. The zero-order valence-corrected chi connectivity index (χ0v) is 14.4. The molecular formula is C20H26N2O2. The van der Waals surface area contributed by atoms with Crippen LogP contribution in [0.3, 0.4) is 0 Å². The van der Waals surface area contributed by atoms with Crippen molar-refractivity contribution in [2.75, 3.05) is 20.3 Å². The molecule has 2 aromatic carbocycles. The first-order chi connectivity index (χ1) is 11.7. The Bertz CT molecular complexity index is 690. The standard InChI is InChI=1S/C20H26N2O2/c1-14(18-9-5-7-15-6-3-4-8-19(15)18)22-17-12-16(13-17)20(23)21-10-11-24-2/h3-9,14,16-17,22H,10-13H2,1-2H3,(H,21,23). The van der Waals surface area contributed by atoms with Crippen LogP contribution >= 0.6 is 0 Å². The molecule has 1 saturated carbocycles. The molecule has 2 N–H and O–H groups in total. The molecule has 1 fully saturated rings. The molecule has 4 nitrogen and oxygen atoms in total. The van der Waals surface area contributed by atoms with Crippen LogP contribution in [0.4, 0.5) is 0 Å². The number of hydrogen-bond donors (Lipinski definition) is 2. The average molecular weight is 326 g/mol. The topological polar surface area (TPSA) is 50.4 Å². The summed E-state index contributed by atoms with van der Waals surface area (Å²) in [5.74, 6) is 0.294. The lowest BCUT2D eigenvalue weighted by Gasteiger charge is -2.37. The molecule has 0 heterocycles. The van der Waals surface area contributed by atoms with Gasteiger partial charge in [0.25, 0.3) is 0 Å². The van der Waals surface area contributed by atoms with E-state index in [9.17, 15) is 4.79 Å². The van der Waals surface area contributed by atoms with Crippen LogP contribution in [0.1, 0.15) is 31.4 Å². The lowest BCUT2D eigenvalue weighted by Crippen LogP contribution is -2.48. The zero-order valence-electron chi connectivity index (χ0n) is 14.4. The van der Waals surface area contributed by atoms with Crippen molar-refractivity contribution in [3.63, 3.8) is 0 Å².